The third kappa shape index (κ3) is 5.78. The van der Waals surface area contributed by atoms with Gasteiger partial charge in [-0.1, -0.05) is 43.3 Å². The van der Waals surface area contributed by atoms with Crippen LogP contribution in [0, 0.1) is 5.92 Å². The summed E-state index contributed by atoms with van der Waals surface area (Å²) in [5.74, 6) is -0.0200. The van der Waals surface area contributed by atoms with Crippen LogP contribution in [0.25, 0.3) is 6.08 Å². The van der Waals surface area contributed by atoms with Gasteiger partial charge in [0.15, 0.2) is 0 Å². The van der Waals surface area contributed by atoms with Crippen molar-refractivity contribution in [2.75, 3.05) is 32.1 Å². The number of carbonyl (C=O) groups excluding carboxylic acids is 1. The summed E-state index contributed by atoms with van der Waals surface area (Å²) in [5, 5.41) is 12.6. The molecule has 3 rings (SSSR count). The molecule has 34 heavy (non-hydrogen) atoms. The minimum atomic E-state index is -3.90. The summed E-state index contributed by atoms with van der Waals surface area (Å²) in [6, 6.07) is 13.2. The molecule has 184 valence electrons. The molecule has 2 aromatic carbocycles. The van der Waals surface area contributed by atoms with Gasteiger partial charge in [-0.3, -0.25) is 0 Å². The second kappa shape index (κ2) is 11.0. The highest BCUT2D eigenvalue weighted by atomic mass is 32.2. The molecule has 0 saturated carbocycles. The Morgan fingerprint density at radius 3 is 2.65 bits per heavy atom. The summed E-state index contributed by atoms with van der Waals surface area (Å²) in [6.45, 7) is 5.54. The molecule has 1 aliphatic heterocycles. The summed E-state index contributed by atoms with van der Waals surface area (Å²) < 4.78 is 34.6. The number of hydrogen-bond donors (Lipinski definition) is 2. The molecule has 2 N–H and O–H groups in total. The molecule has 0 fully saturated rings. The van der Waals surface area contributed by atoms with Gasteiger partial charge in [0.25, 0.3) is 0 Å². The van der Waals surface area contributed by atoms with Gasteiger partial charge >= 0.3 is 6.03 Å². The van der Waals surface area contributed by atoms with E-state index in [1.54, 1.807) is 38.2 Å². The molecule has 0 unspecified atom stereocenters. The number of aliphatic hydroxyl groups excluding tert-OH is 1. The number of nitrogens with one attached hydrogen (secondary N) is 1. The zero-order valence-corrected chi connectivity index (χ0v) is 20.8. The average Bonchev–Trinajstić information content (AvgIpc) is 2.81. The fourth-order valence-electron chi connectivity index (χ4n) is 3.85. The number of urea groups is 1. The Morgan fingerprint density at radius 1 is 1.29 bits per heavy atom. The van der Waals surface area contributed by atoms with Crippen molar-refractivity contribution in [1.29, 1.82) is 0 Å². The van der Waals surface area contributed by atoms with Gasteiger partial charge in [0, 0.05) is 31.2 Å². The number of benzene rings is 2. The maximum absolute atomic E-state index is 13.5. The summed E-state index contributed by atoms with van der Waals surface area (Å²) in [7, 11) is -2.22. The second-order valence-electron chi connectivity index (χ2n) is 8.62. The van der Waals surface area contributed by atoms with Crippen LogP contribution in [0.5, 0.6) is 5.75 Å². The second-order valence-corrected chi connectivity index (χ2v) is 10.5. The van der Waals surface area contributed by atoms with E-state index in [0.29, 0.717) is 5.69 Å². The molecule has 3 atom stereocenters. The number of nitrogens with zero attached hydrogens (tertiary/aromatic N) is 2. The number of likely N-dealkylation sites (N-methyl/N-ethyl adjacent to an activating group) is 1. The lowest BCUT2D eigenvalue weighted by atomic mass is 10.0. The molecule has 0 aromatic heterocycles. The Labute approximate surface area is 201 Å². The first-order valence-corrected chi connectivity index (χ1v) is 12.7. The van der Waals surface area contributed by atoms with Gasteiger partial charge in [-0.2, -0.15) is 4.31 Å². The van der Waals surface area contributed by atoms with Crippen molar-refractivity contribution in [2.24, 2.45) is 5.92 Å². The van der Waals surface area contributed by atoms with E-state index in [-0.39, 0.29) is 42.3 Å². The number of carbonyl (C=O) groups is 1. The summed E-state index contributed by atoms with van der Waals surface area (Å²) in [4.78, 5) is 14.3. The molecule has 1 aliphatic rings. The number of rotatable bonds is 6. The molecule has 0 radical (unpaired) electrons. The highest BCUT2D eigenvalue weighted by molar-refractivity contribution is 7.89. The number of allylic oxidation sites excluding steroid dienone is 1. The number of sulfonamides is 1. The quantitative estimate of drug-likeness (QED) is 0.648. The van der Waals surface area contributed by atoms with E-state index < -0.39 is 22.2 Å². The lowest BCUT2D eigenvalue weighted by Gasteiger charge is -2.37. The fraction of sp³-hybridized carbons (Fsp3) is 0.400. The lowest BCUT2D eigenvalue weighted by Crippen LogP contribution is -2.50. The van der Waals surface area contributed by atoms with Crippen molar-refractivity contribution in [3.63, 3.8) is 0 Å². The van der Waals surface area contributed by atoms with Crippen molar-refractivity contribution < 1.29 is 23.1 Å². The number of anilines is 1. The molecule has 2 amide bonds. The highest BCUT2D eigenvalue weighted by Gasteiger charge is 2.38. The van der Waals surface area contributed by atoms with E-state index >= 15 is 0 Å². The minimum Gasteiger partial charge on any atom is -0.487 e. The number of ether oxygens (including phenoxy) is 1. The van der Waals surface area contributed by atoms with Crippen LogP contribution in [-0.4, -0.2) is 67.7 Å². The Hall–Kier alpha value is -2.88. The predicted molar refractivity (Wildman–Crippen MR) is 133 cm³/mol. The smallest absolute Gasteiger partial charge is 0.321 e. The first kappa shape index (κ1) is 25.7. The Bertz CT molecular complexity index is 1120. The number of fused-ring (bicyclic) bond motifs is 1. The van der Waals surface area contributed by atoms with Crippen LogP contribution in [0.1, 0.15) is 26.3 Å². The normalized spacial score (nSPS) is 21.1. The monoisotopic (exact) mass is 487 g/mol. The van der Waals surface area contributed by atoms with Gasteiger partial charge in [-0.25, -0.2) is 13.2 Å². The summed E-state index contributed by atoms with van der Waals surface area (Å²) in [6.07, 6.45) is 3.25. The van der Waals surface area contributed by atoms with Crippen molar-refractivity contribution in [2.45, 2.75) is 37.8 Å². The van der Waals surface area contributed by atoms with E-state index in [1.165, 1.54) is 15.3 Å². The molecule has 0 aliphatic carbocycles. The van der Waals surface area contributed by atoms with Crippen LogP contribution in [0.3, 0.4) is 0 Å². The van der Waals surface area contributed by atoms with Crippen molar-refractivity contribution in [3.8, 4) is 5.75 Å². The van der Waals surface area contributed by atoms with Crippen LogP contribution in [0.15, 0.2) is 59.5 Å². The van der Waals surface area contributed by atoms with Crippen molar-refractivity contribution >= 4 is 27.8 Å². The Morgan fingerprint density at radius 2 is 2.00 bits per heavy atom. The van der Waals surface area contributed by atoms with Gasteiger partial charge in [0.1, 0.15) is 16.7 Å². The number of hydrogen-bond acceptors (Lipinski definition) is 5. The van der Waals surface area contributed by atoms with E-state index in [0.717, 1.165) is 5.56 Å². The molecule has 1 heterocycles. The molecule has 0 spiro atoms. The fourth-order valence-corrected chi connectivity index (χ4v) is 5.68. The van der Waals surface area contributed by atoms with Gasteiger partial charge in [-0.05, 0) is 43.7 Å². The summed E-state index contributed by atoms with van der Waals surface area (Å²) >= 11 is 0. The molecule has 0 bridgehead atoms. The van der Waals surface area contributed by atoms with E-state index in [2.05, 4.69) is 5.32 Å². The zero-order chi connectivity index (χ0) is 24.9. The number of para-hydroxylation sites is 1. The first-order chi connectivity index (χ1) is 16.2. The third-order valence-corrected chi connectivity index (χ3v) is 7.90. The highest BCUT2D eigenvalue weighted by Crippen LogP contribution is 2.34. The zero-order valence-electron chi connectivity index (χ0n) is 20.0. The maximum atomic E-state index is 13.5. The SMILES string of the molecule is C/C=C/c1ccc2c(c1)O[C@@H](CN(C)C(=O)Nc1ccccc1)[C@@H](C)CN([C@H](C)CO)S2(=O)=O. The van der Waals surface area contributed by atoms with Gasteiger partial charge in [0.05, 0.1) is 13.2 Å². The molecule has 8 nitrogen and oxygen atoms in total. The number of amides is 2. The van der Waals surface area contributed by atoms with E-state index in [4.69, 9.17) is 4.74 Å². The van der Waals surface area contributed by atoms with Gasteiger partial charge in [-0.15, -0.1) is 0 Å². The molecule has 0 saturated heterocycles. The van der Waals surface area contributed by atoms with Crippen molar-refractivity contribution in [3.05, 3.63) is 60.2 Å². The van der Waals surface area contributed by atoms with Gasteiger partial charge < -0.3 is 20.1 Å². The summed E-state index contributed by atoms with van der Waals surface area (Å²) in [5.41, 5.74) is 1.49. The minimum absolute atomic E-state index is 0.0503. The Kier molecular flexibility index (Phi) is 8.35. The molecule has 2 aromatic rings. The largest absolute Gasteiger partial charge is 0.487 e. The van der Waals surface area contributed by atoms with Gasteiger partial charge in [0.2, 0.25) is 10.0 Å². The average molecular weight is 488 g/mol. The van der Waals surface area contributed by atoms with Crippen LogP contribution >= 0.6 is 0 Å². The van der Waals surface area contributed by atoms with Crippen LogP contribution in [0.4, 0.5) is 10.5 Å². The predicted octanol–water partition coefficient (Wildman–Crippen LogP) is 3.65. The maximum Gasteiger partial charge on any atom is 0.321 e. The van der Waals surface area contributed by atoms with E-state index in [9.17, 15) is 18.3 Å². The van der Waals surface area contributed by atoms with Crippen LogP contribution in [-0.2, 0) is 10.0 Å². The number of aliphatic hydroxyl groups is 1. The van der Waals surface area contributed by atoms with Crippen LogP contribution < -0.4 is 10.1 Å². The standard InChI is InChI=1S/C25H33N3O5S/c1-5-9-20-12-13-24-22(14-20)33-23(18(2)15-28(19(3)17-29)34(24,31)32)16-27(4)25(30)26-21-10-7-6-8-11-21/h5-14,18-19,23,29H,15-17H2,1-4H3,(H,26,30)/b9-5+/t18-,19+,23-/m0/s1. The molecular weight excluding hydrogens is 454 g/mol. The third-order valence-electron chi connectivity index (χ3n) is 5.88. The van der Waals surface area contributed by atoms with Crippen molar-refractivity contribution in [1.82, 2.24) is 9.21 Å². The van der Waals surface area contributed by atoms with E-state index in [1.807, 2.05) is 44.2 Å². The molecule has 9 heteroatoms. The topological polar surface area (TPSA) is 99.2 Å². The Balaban J connectivity index is 1.94. The first-order valence-electron chi connectivity index (χ1n) is 11.3. The lowest BCUT2D eigenvalue weighted by molar-refractivity contribution is 0.0830. The van der Waals surface area contributed by atoms with Crippen LogP contribution in [0.2, 0.25) is 0 Å². The molecular formula is C25H33N3O5S.